The van der Waals surface area contributed by atoms with E-state index in [2.05, 4.69) is 4.98 Å². The van der Waals surface area contributed by atoms with Crippen molar-refractivity contribution in [1.82, 2.24) is 4.98 Å². The van der Waals surface area contributed by atoms with Crippen molar-refractivity contribution in [2.75, 3.05) is 14.2 Å². The fourth-order valence-electron chi connectivity index (χ4n) is 1.56. The maximum absolute atomic E-state index is 10.2. The number of aliphatic hydroxyl groups excluding tert-OH is 1. The molecular formula is C12H12ClNO3S. The average molecular weight is 286 g/mol. The molecule has 1 unspecified atom stereocenters. The molecule has 6 heteroatoms. The van der Waals surface area contributed by atoms with E-state index in [-0.39, 0.29) is 0 Å². The van der Waals surface area contributed by atoms with Crippen molar-refractivity contribution in [3.05, 3.63) is 39.3 Å². The quantitative estimate of drug-likeness (QED) is 0.938. The highest BCUT2D eigenvalue weighted by Crippen LogP contribution is 2.34. The Morgan fingerprint density at radius 3 is 2.56 bits per heavy atom. The van der Waals surface area contributed by atoms with Crippen molar-refractivity contribution in [3.8, 4) is 11.5 Å². The number of ether oxygens (including phenoxy) is 2. The number of nitrogens with zero attached hydrogens (tertiary/aromatic N) is 1. The molecule has 2 aromatic rings. The third-order valence-corrected chi connectivity index (χ3v) is 3.62. The van der Waals surface area contributed by atoms with Gasteiger partial charge in [0, 0.05) is 0 Å². The first-order chi connectivity index (χ1) is 8.65. The van der Waals surface area contributed by atoms with Crippen molar-refractivity contribution in [2.24, 2.45) is 0 Å². The zero-order valence-electron chi connectivity index (χ0n) is 9.88. The first kappa shape index (κ1) is 13.1. The molecule has 18 heavy (non-hydrogen) atoms. The largest absolute Gasteiger partial charge is 0.493 e. The van der Waals surface area contributed by atoms with E-state index >= 15 is 0 Å². The van der Waals surface area contributed by atoms with Crippen molar-refractivity contribution < 1.29 is 14.6 Å². The minimum Gasteiger partial charge on any atom is -0.493 e. The number of benzene rings is 1. The van der Waals surface area contributed by atoms with Crippen LogP contribution in [0.15, 0.2) is 24.4 Å². The second kappa shape index (κ2) is 5.56. The van der Waals surface area contributed by atoms with Crippen LogP contribution in [0.2, 0.25) is 4.34 Å². The van der Waals surface area contributed by atoms with Gasteiger partial charge in [0.15, 0.2) is 11.5 Å². The van der Waals surface area contributed by atoms with Crippen LogP contribution < -0.4 is 9.47 Å². The third-order valence-electron chi connectivity index (χ3n) is 2.45. The Balaban J connectivity index is 2.33. The number of hydrogen-bond acceptors (Lipinski definition) is 5. The fraction of sp³-hybridized carbons (Fsp3) is 0.250. The lowest BCUT2D eigenvalue weighted by Gasteiger charge is -2.12. The molecule has 0 radical (unpaired) electrons. The van der Waals surface area contributed by atoms with Crippen molar-refractivity contribution >= 4 is 22.9 Å². The van der Waals surface area contributed by atoms with E-state index in [1.165, 1.54) is 17.5 Å². The Kier molecular flexibility index (Phi) is 4.06. The maximum atomic E-state index is 10.2. The van der Waals surface area contributed by atoms with Crippen LogP contribution in [0.4, 0.5) is 0 Å². The summed E-state index contributed by atoms with van der Waals surface area (Å²) in [5.74, 6) is 1.18. The molecule has 0 saturated carbocycles. The summed E-state index contributed by atoms with van der Waals surface area (Å²) >= 11 is 7.04. The van der Waals surface area contributed by atoms with Gasteiger partial charge in [-0.3, -0.25) is 0 Å². The lowest BCUT2D eigenvalue weighted by molar-refractivity contribution is 0.219. The molecule has 0 aliphatic rings. The predicted molar refractivity (Wildman–Crippen MR) is 70.7 cm³/mol. The summed E-state index contributed by atoms with van der Waals surface area (Å²) in [5, 5.41) is 10.7. The molecule has 0 aliphatic carbocycles. The predicted octanol–water partition coefficient (Wildman–Crippen LogP) is 2.90. The van der Waals surface area contributed by atoms with Gasteiger partial charge < -0.3 is 14.6 Å². The summed E-state index contributed by atoms with van der Waals surface area (Å²) in [4.78, 5) is 4.05. The number of halogens is 1. The molecule has 2 rings (SSSR count). The van der Waals surface area contributed by atoms with Gasteiger partial charge in [0.2, 0.25) is 0 Å². The van der Waals surface area contributed by atoms with Crippen molar-refractivity contribution in [2.45, 2.75) is 6.10 Å². The minimum absolute atomic E-state index is 0.546. The van der Waals surface area contributed by atoms with E-state index in [1.54, 1.807) is 32.4 Å². The summed E-state index contributed by atoms with van der Waals surface area (Å²) in [6.07, 6.45) is 0.702. The van der Waals surface area contributed by atoms with Crippen LogP contribution in [0, 0.1) is 0 Å². The molecule has 0 aliphatic heterocycles. The highest BCUT2D eigenvalue weighted by Gasteiger charge is 2.16. The summed E-state index contributed by atoms with van der Waals surface area (Å²) in [6.45, 7) is 0. The van der Waals surface area contributed by atoms with E-state index < -0.39 is 6.10 Å². The van der Waals surface area contributed by atoms with Crippen LogP contribution >= 0.6 is 22.9 Å². The normalized spacial score (nSPS) is 12.2. The summed E-state index contributed by atoms with van der Waals surface area (Å²) in [7, 11) is 3.11. The van der Waals surface area contributed by atoms with Crippen LogP contribution in [0.25, 0.3) is 0 Å². The summed E-state index contributed by atoms with van der Waals surface area (Å²) in [5.41, 5.74) is 0.679. The minimum atomic E-state index is -0.817. The van der Waals surface area contributed by atoms with Crippen LogP contribution in [-0.4, -0.2) is 24.3 Å². The first-order valence-electron chi connectivity index (χ1n) is 5.17. The van der Waals surface area contributed by atoms with Crippen LogP contribution in [0.1, 0.15) is 16.7 Å². The molecule has 4 nitrogen and oxygen atoms in total. The Bertz CT molecular complexity index is 544. The number of hydrogen-bond donors (Lipinski definition) is 1. The monoisotopic (exact) mass is 285 g/mol. The number of aromatic nitrogens is 1. The number of aliphatic hydroxyl groups is 1. The van der Waals surface area contributed by atoms with Crippen LogP contribution in [0.3, 0.4) is 0 Å². The van der Waals surface area contributed by atoms with E-state index in [0.717, 1.165) is 0 Å². The van der Waals surface area contributed by atoms with Crippen LogP contribution in [-0.2, 0) is 0 Å². The number of thiazole rings is 1. The molecular weight excluding hydrogens is 274 g/mol. The van der Waals surface area contributed by atoms with Gasteiger partial charge in [0.05, 0.1) is 20.4 Å². The molecule has 0 spiro atoms. The van der Waals surface area contributed by atoms with E-state index in [9.17, 15) is 5.11 Å². The van der Waals surface area contributed by atoms with Gasteiger partial charge in [-0.2, -0.15) is 0 Å². The molecule has 1 aromatic carbocycles. The van der Waals surface area contributed by atoms with Crippen molar-refractivity contribution in [3.63, 3.8) is 0 Å². The zero-order chi connectivity index (χ0) is 13.1. The summed E-state index contributed by atoms with van der Waals surface area (Å²) < 4.78 is 10.9. The highest BCUT2D eigenvalue weighted by molar-refractivity contribution is 7.15. The Labute approximate surface area is 114 Å². The standard InChI is InChI=1S/C12H12ClNO3S/c1-16-8-4-3-7(5-9(8)17-2)11(15)12-14-6-10(13)18-12/h3-6,11,15H,1-2H3. The first-order valence-corrected chi connectivity index (χ1v) is 6.36. The SMILES string of the molecule is COc1ccc(C(O)c2ncc(Cl)s2)cc1OC. The van der Waals surface area contributed by atoms with Gasteiger partial charge in [0.25, 0.3) is 0 Å². The highest BCUT2D eigenvalue weighted by atomic mass is 35.5. The Hall–Kier alpha value is -1.30. The summed E-state index contributed by atoms with van der Waals surface area (Å²) in [6, 6.07) is 5.23. The van der Waals surface area contributed by atoms with Gasteiger partial charge in [-0.25, -0.2) is 4.98 Å². The van der Waals surface area contributed by atoms with E-state index in [0.29, 0.717) is 26.4 Å². The van der Waals surface area contributed by atoms with Gasteiger partial charge in [-0.05, 0) is 17.7 Å². The number of methoxy groups -OCH3 is 2. The van der Waals surface area contributed by atoms with E-state index in [1.807, 2.05) is 0 Å². The van der Waals surface area contributed by atoms with E-state index in [4.69, 9.17) is 21.1 Å². The number of rotatable bonds is 4. The van der Waals surface area contributed by atoms with Crippen molar-refractivity contribution in [1.29, 1.82) is 0 Å². The zero-order valence-corrected chi connectivity index (χ0v) is 11.5. The van der Waals surface area contributed by atoms with Crippen LogP contribution in [0.5, 0.6) is 11.5 Å². The second-order valence-corrected chi connectivity index (χ2v) is 5.21. The smallest absolute Gasteiger partial charge is 0.161 e. The molecule has 96 valence electrons. The van der Waals surface area contributed by atoms with Gasteiger partial charge in [0.1, 0.15) is 15.4 Å². The van der Waals surface area contributed by atoms with Gasteiger partial charge >= 0.3 is 0 Å². The average Bonchev–Trinajstić information content (AvgIpc) is 2.83. The molecule has 1 aromatic heterocycles. The van der Waals surface area contributed by atoms with Gasteiger partial charge in [-0.15, -0.1) is 11.3 Å². The molecule has 1 N–H and O–H groups in total. The Morgan fingerprint density at radius 1 is 1.28 bits per heavy atom. The molecule has 1 heterocycles. The fourth-order valence-corrected chi connectivity index (χ4v) is 2.50. The molecule has 0 bridgehead atoms. The molecule has 0 fully saturated rings. The molecule has 0 amide bonds. The Morgan fingerprint density at radius 2 is 2.00 bits per heavy atom. The topological polar surface area (TPSA) is 51.6 Å². The molecule has 0 saturated heterocycles. The molecule has 1 atom stereocenters. The lowest BCUT2D eigenvalue weighted by atomic mass is 10.1. The maximum Gasteiger partial charge on any atom is 0.161 e. The third kappa shape index (κ3) is 2.58. The lowest BCUT2D eigenvalue weighted by Crippen LogP contribution is -2.00. The van der Waals surface area contributed by atoms with Gasteiger partial charge in [-0.1, -0.05) is 17.7 Å². The second-order valence-electron chi connectivity index (χ2n) is 3.52.